The van der Waals surface area contributed by atoms with Crippen molar-refractivity contribution in [2.24, 2.45) is 5.92 Å². The summed E-state index contributed by atoms with van der Waals surface area (Å²) in [5, 5.41) is 2.86. The molecule has 0 atom stereocenters. The highest BCUT2D eigenvalue weighted by atomic mass is 16.5. The van der Waals surface area contributed by atoms with Gasteiger partial charge in [0.05, 0.1) is 5.76 Å². The molecule has 3 nitrogen and oxygen atoms in total. The van der Waals surface area contributed by atoms with E-state index in [0.29, 0.717) is 11.7 Å². The van der Waals surface area contributed by atoms with Crippen LogP contribution in [-0.2, 0) is 9.53 Å². The summed E-state index contributed by atoms with van der Waals surface area (Å²) in [7, 11) is 0. The van der Waals surface area contributed by atoms with E-state index in [9.17, 15) is 4.79 Å². The molecule has 3 heteroatoms. The van der Waals surface area contributed by atoms with Gasteiger partial charge < -0.3 is 10.1 Å². The summed E-state index contributed by atoms with van der Waals surface area (Å²) >= 11 is 0. The summed E-state index contributed by atoms with van der Waals surface area (Å²) in [5.74, 6) is 0.886. The first kappa shape index (κ1) is 18.8. The molecule has 23 heavy (non-hydrogen) atoms. The summed E-state index contributed by atoms with van der Waals surface area (Å²) in [6.07, 6.45) is 5.68. The minimum atomic E-state index is -0.962. The molecule has 1 N–H and O–H groups in total. The third-order valence-electron chi connectivity index (χ3n) is 3.41. The summed E-state index contributed by atoms with van der Waals surface area (Å²) in [6.45, 7) is 13.4. The zero-order valence-electron chi connectivity index (χ0n) is 14.7. The second kappa shape index (κ2) is 8.37. The fraction of sp³-hybridized carbons (Fsp3) is 0.350. The number of rotatable bonds is 7. The van der Waals surface area contributed by atoms with Crippen molar-refractivity contribution >= 4 is 11.6 Å². The third kappa shape index (κ3) is 6.15. The number of nitrogens with one attached hydrogen (secondary N) is 1. The molecule has 1 amide bonds. The van der Waals surface area contributed by atoms with Crippen LogP contribution in [0.2, 0.25) is 0 Å². The van der Waals surface area contributed by atoms with E-state index in [1.807, 2.05) is 55.5 Å². The number of benzene rings is 1. The molecule has 0 bridgehead atoms. The topological polar surface area (TPSA) is 38.3 Å². The molecule has 0 fully saturated rings. The maximum atomic E-state index is 12.4. The van der Waals surface area contributed by atoms with Crippen molar-refractivity contribution in [3.8, 4) is 0 Å². The van der Waals surface area contributed by atoms with Crippen LogP contribution in [0.4, 0.5) is 5.69 Å². The molecule has 0 aliphatic rings. The molecule has 0 saturated heterocycles. The lowest BCUT2D eigenvalue weighted by Gasteiger charge is -2.25. The zero-order valence-corrected chi connectivity index (χ0v) is 14.7. The number of carbonyl (C=O) groups is 1. The number of carbonyl (C=O) groups excluding carboxylic acids is 1. The summed E-state index contributed by atoms with van der Waals surface area (Å²) < 4.78 is 5.82. The highest BCUT2D eigenvalue weighted by Crippen LogP contribution is 2.19. The molecule has 1 aromatic carbocycles. The maximum absolute atomic E-state index is 12.4. The van der Waals surface area contributed by atoms with Crippen LogP contribution in [0.15, 0.2) is 66.5 Å². The minimum Gasteiger partial charge on any atom is -0.483 e. The highest BCUT2D eigenvalue weighted by molar-refractivity contribution is 5.96. The van der Waals surface area contributed by atoms with Crippen molar-refractivity contribution in [3.05, 3.63) is 66.5 Å². The highest BCUT2D eigenvalue weighted by Gasteiger charge is 2.29. The molecule has 0 saturated carbocycles. The van der Waals surface area contributed by atoms with Gasteiger partial charge in [0.2, 0.25) is 0 Å². The predicted octanol–water partition coefficient (Wildman–Crippen LogP) is 5.09. The number of allylic oxidation sites excluding steroid dienone is 5. The van der Waals surface area contributed by atoms with Gasteiger partial charge in [-0.25, -0.2) is 0 Å². The van der Waals surface area contributed by atoms with Gasteiger partial charge in [0.1, 0.15) is 0 Å². The summed E-state index contributed by atoms with van der Waals surface area (Å²) in [4.78, 5) is 12.4. The van der Waals surface area contributed by atoms with Gasteiger partial charge in [-0.15, -0.1) is 0 Å². The van der Waals surface area contributed by atoms with Crippen molar-refractivity contribution in [1.82, 2.24) is 0 Å². The Kier molecular flexibility index (Phi) is 6.83. The Morgan fingerprint density at radius 3 is 2.35 bits per heavy atom. The Morgan fingerprint density at radius 2 is 1.83 bits per heavy atom. The number of para-hydroxylation sites is 1. The lowest BCUT2D eigenvalue weighted by atomic mass is 10.0. The fourth-order valence-electron chi connectivity index (χ4n) is 2.00. The number of hydrogen-bond acceptors (Lipinski definition) is 2. The van der Waals surface area contributed by atoms with E-state index >= 15 is 0 Å². The molecule has 0 aromatic heterocycles. The quantitative estimate of drug-likeness (QED) is 0.562. The van der Waals surface area contributed by atoms with Crippen LogP contribution in [-0.4, -0.2) is 11.5 Å². The Balaban J connectivity index is 2.76. The third-order valence-corrected chi connectivity index (χ3v) is 3.41. The molecule has 0 radical (unpaired) electrons. The van der Waals surface area contributed by atoms with Crippen LogP contribution in [0.25, 0.3) is 0 Å². The number of ether oxygens (including phenoxy) is 1. The van der Waals surface area contributed by atoms with E-state index in [2.05, 4.69) is 25.7 Å². The van der Waals surface area contributed by atoms with Crippen LogP contribution in [0, 0.1) is 5.92 Å². The number of anilines is 1. The van der Waals surface area contributed by atoms with E-state index in [1.54, 1.807) is 13.8 Å². The molecule has 1 rings (SSSR count). The normalized spacial score (nSPS) is 13.0. The van der Waals surface area contributed by atoms with Gasteiger partial charge in [-0.2, -0.15) is 0 Å². The van der Waals surface area contributed by atoms with Crippen molar-refractivity contribution in [3.63, 3.8) is 0 Å². The van der Waals surface area contributed by atoms with Crippen LogP contribution in [0.1, 0.15) is 34.6 Å². The average molecular weight is 313 g/mol. The maximum Gasteiger partial charge on any atom is 0.267 e. The molecular formula is C20H27NO2. The number of hydrogen-bond donors (Lipinski definition) is 1. The van der Waals surface area contributed by atoms with Crippen molar-refractivity contribution in [2.45, 2.75) is 40.2 Å². The van der Waals surface area contributed by atoms with E-state index in [-0.39, 0.29) is 5.91 Å². The lowest BCUT2D eigenvalue weighted by molar-refractivity contribution is -0.132. The minimum absolute atomic E-state index is 0.187. The largest absolute Gasteiger partial charge is 0.483 e. The van der Waals surface area contributed by atoms with Gasteiger partial charge in [0.15, 0.2) is 5.60 Å². The Labute approximate surface area is 139 Å². The summed E-state index contributed by atoms with van der Waals surface area (Å²) in [5.41, 5.74) is 0.917. The van der Waals surface area contributed by atoms with E-state index in [4.69, 9.17) is 4.74 Å². The first-order chi connectivity index (χ1) is 10.8. The second-order valence-corrected chi connectivity index (χ2v) is 6.24. The Morgan fingerprint density at radius 1 is 1.22 bits per heavy atom. The molecule has 0 aliphatic heterocycles. The van der Waals surface area contributed by atoms with Gasteiger partial charge in [-0.05, 0) is 50.5 Å². The van der Waals surface area contributed by atoms with Gasteiger partial charge in [0.25, 0.3) is 5.91 Å². The van der Waals surface area contributed by atoms with Gasteiger partial charge in [-0.3, -0.25) is 4.79 Å². The molecule has 0 unspecified atom stereocenters. The molecule has 1 aromatic rings. The molecule has 0 heterocycles. The van der Waals surface area contributed by atoms with Gasteiger partial charge in [0, 0.05) is 5.69 Å². The zero-order chi connectivity index (χ0) is 17.5. The van der Waals surface area contributed by atoms with Crippen LogP contribution in [0.3, 0.4) is 0 Å². The molecule has 0 aliphatic carbocycles. The SMILES string of the molecule is C=C/C(=C\C=C(/C)OC(C)(C)C(=O)Nc1ccccc1)C(C)C. The first-order valence-electron chi connectivity index (χ1n) is 7.82. The van der Waals surface area contributed by atoms with E-state index in [1.165, 1.54) is 0 Å². The van der Waals surface area contributed by atoms with E-state index < -0.39 is 5.60 Å². The fourth-order valence-corrected chi connectivity index (χ4v) is 2.00. The van der Waals surface area contributed by atoms with Crippen molar-refractivity contribution in [1.29, 1.82) is 0 Å². The standard InChI is InChI=1S/C20H27NO2/c1-7-17(15(2)3)14-13-16(4)23-20(5,6)19(22)21-18-11-9-8-10-12-18/h7-15H,1H2,2-6H3,(H,21,22)/b16-13+,17-14+. The molecule has 124 valence electrons. The smallest absolute Gasteiger partial charge is 0.267 e. The second-order valence-electron chi connectivity index (χ2n) is 6.24. The van der Waals surface area contributed by atoms with Crippen LogP contribution in [0.5, 0.6) is 0 Å². The van der Waals surface area contributed by atoms with Crippen molar-refractivity contribution in [2.75, 3.05) is 5.32 Å². The Bertz CT molecular complexity index is 595. The number of amides is 1. The molecule has 0 spiro atoms. The van der Waals surface area contributed by atoms with Crippen molar-refractivity contribution < 1.29 is 9.53 Å². The molecular weight excluding hydrogens is 286 g/mol. The average Bonchev–Trinajstić information content (AvgIpc) is 2.48. The van der Waals surface area contributed by atoms with Crippen LogP contribution >= 0.6 is 0 Å². The Hall–Kier alpha value is -2.29. The van der Waals surface area contributed by atoms with Crippen LogP contribution < -0.4 is 5.32 Å². The lowest BCUT2D eigenvalue weighted by Crippen LogP contribution is -2.39. The monoisotopic (exact) mass is 313 g/mol. The predicted molar refractivity (Wildman–Crippen MR) is 97.1 cm³/mol. The van der Waals surface area contributed by atoms with Gasteiger partial charge >= 0.3 is 0 Å². The van der Waals surface area contributed by atoms with Gasteiger partial charge in [-0.1, -0.05) is 50.8 Å². The van der Waals surface area contributed by atoms with E-state index in [0.717, 1.165) is 11.3 Å². The summed E-state index contributed by atoms with van der Waals surface area (Å²) in [6, 6.07) is 9.35. The first-order valence-corrected chi connectivity index (χ1v) is 7.82.